The molecule has 2 rings (SSSR count). The molecule has 0 N–H and O–H groups in total. The minimum absolute atomic E-state index is 0.0935. The summed E-state index contributed by atoms with van der Waals surface area (Å²) in [6.07, 6.45) is 8.26. The van der Waals surface area contributed by atoms with Crippen LogP contribution in [0.1, 0.15) is 32.6 Å². The number of methoxy groups -OCH3 is 1. The molecule has 0 radical (unpaired) electrons. The average molecular weight is 194 g/mol. The Kier molecular flexibility index (Phi) is 2.48. The Labute approximate surface area is 85.3 Å². The lowest BCUT2D eigenvalue weighted by Crippen LogP contribution is -2.43. The Morgan fingerprint density at radius 1 is 1.57 bits per heavy atom. The smallest absolute Gasteiger partial charge is 0.161 e. The summed E-state index contributed by atoms with van der Waals surface area (Å²) < 4.78 is 5.38. The van der Waals surface area contributed by atoms with Gasteiger partial charge in [0.15, 0.2) is 5.78 Å². The largest absolute Gasteiger partial charge is 0.381 e. The van der Waals surface area contributed by atoms with E-state index in [2.05, 4.69) is 6.92 Å². The van der Waals surface area contributed by atoms with Gasteiger partial charge in [-0.05, 0) is 37.7 Å². The third-order valence-electron chi connectivity index (χ3n) is 4.02. The van der Waals surface area contributed by atoms with E-state index in [9.17, 15) is 4.79 Å². The first-order valence-electron chi connectivity index (χ1n) is 5.40. The summed E-state index contributed by atoms with van der Waals surface area (Å²) in [7, 11) is 1.77. The molecule has 1 fully saturated rings. The molecular weight excluding hydrogens is 176 g/mol. The van der Waals surface area contributed by atoms with Crippen LogP contribution in [0.15, 0.2) is 12.2 Å². The van der Waals surface area contributed by atoms with Crippen LogP contribution in [0.4, 0.5) is 0 Å². The number of fused-ring (bicyclic) bond motifs is 1. The molecule has 0 spiro atoms. The molecule has 0 unspecified atom stereocenters. The van der Waals surface area contributed by atoms with Gasteiger partial charge in [0, 0.05) is 12.5 Å². The number of rotatable bonds is 1. The summed E-state index contributed by atoms with van der Waals surface area (Å²) in [6, 6.07) is 0. The van der Waals surface area contributed by atoms with Crippen LogP contribution in [0.25, 0.3) is 0 Å². The molecule has 14 heavy (non-hydrogen) atoms. The highest BCUT2D eigenvalue weighted by molar-refractivity contribution is 5.95. The van der Waals surface area contributed by atoms with Crippen molar-refractivity contribution in [2.24, 2.45) is 11.3 Å². The molecular formula is C12H18O2. The normalized spacial score (nSPS) is 42.3. The number of carbonyl (C=O) groups is 1. The van der Waals surface area contributed by atoms with Gasteiger partial charge in [-0.2, -0.15) is 0 Å². The minimum Gasteiger partial charge on any atom is -0.381 e. The fourth-order valence-electron chi connectivity index (χ4n) is 2.78. The summed E-state index contributed by atoms with van der Waals surface area (Å²) >= 11 is 0. The minimum atomic E-state index is -0.0935. The number of hydrogen-bond acceptors (Lipinski definition) is 2. The van der Waals surface area contributed by atoms with Crippen molar-refractivity contribution in [1.82, 2.24) is 0 Å². The predicted octanol–water partition coefficient (Wildman–Crippen LogP) is 2.34. The Balaban J connectivity index is 2.18. The van der Waals surface area contributed by atoms with Crippen LogP contribution >= 0.6 is 0 Å². The van der Waals surface area contributed by atoms with E-state index in [1.807, 2.05) is 6.08 Å². The third kappa shape index (κ3) is 1.42. The van der Waals surface area contributed by atoms with Gasteiger partial charge in [0.1, 0.15) is 0 Å². The second-order valence-corrected chi connectivity index (χ2v) is 4.75. The van der Waals surface area contributed by atoms with E-state index < -0.39 is 0 Å². The molecule has 0 aromatic rings. The van der Waals surface area contributed by atoms with E-state index in [1.165, 1.54) is 0 Å². The van der Waals surface area contributed by atoms with Gasteiger partial charge >= 0.3 is 0 Å². The molecule has 3 atom stereocenters. The molecule has 0 heterocycles. The Hall–Kier alpha value is -0.630. The lowest BCUT2D eigenvalue weighted by molar-refractivity contribution is -0.131. The fraction of sp³-hybridized carbons (Fsp3) is 0.750. The van der Waals surface area contributed by atoms with Crippen molar-refractivity contribution in [3.05, 3.63) is 12.2 Å². The van der Waals surface area contributed by atoms with Crippen molar-refractivity contribution in [1.29, 1.82) is 0 Å². The number of ether oxygens (including phenoxy) is 1. The van der Waals surface area contributed by atoms with Gasteiger partial charge < -0.3 is 4.74 Å². The first kappa shape index (κ1) is 9.91. The van der Waals surface area contributed by atoms with Crippen LogP contribution in [-0.4, -0.2) is 19.0 Å². The lowest BCUT2D eigenvalue weighted by atomic mass is 9.61. The maximum atomic E-state index is 11.8. The maximum Gasteiger partial charge on any atom is 0.161 e. The van der Waals surface area contributed by atoms with Crippen LogP contribution in [0.2, 0.25) is 0 Å². The molecule has 0 amide bonds. The van der Waals surface area contributed by atoms with Crippen molar-refractivity contribution >= 4 is 5.78 Å². The van der Waals surface area contributed by atoms with Gasteiger partial charge in [0.2, 0.25) is 0 Å². The zero-order valence-electron chi connectivity index (χ0n) is 8.95. The monoisotopic (exact) mass is 194 g/mol. The van der Waals surface area contributed by atoms with Gasteiger partial charge in [-0.15, -0.1) is 0 Å². The van der Waals surface area contributed by atoms with E-state index in [0.717, 1.165) is 25.7 Å². The number of hydrogen-bond donors (Lipinski definition) is 0. The van der Waals surface area contributed by atoms with Crippen LogP contribution in [0.5, 0.6) is 0 Å². The Morgan fingerprint density at radius 2 is 2.36 bits per heavy atom. The van der Waals surface area contributed by atoms with Gasteiger partial charge in [-0.1, -0.05) is 13.0 Å². The molecule has 0 saturated heterocycles. The quantitative estimate of drug-likeness (QED) is 0.640. The first-order chi connectivity index (χ1) is 6.66. The molecule has 1 saturated carbocycles. The SMILES string of the molecule is CO[C@@H]1CC[C@@]2(C)C(=O)C=CC[C@@H]2C1. The number of ketones is 1. The van der Waals surface area contributed by atoms with E-state index >= 15 is 0 Å². The zero-order valence-corrected chi connectivity index (χ0v) is 8.95. The summed E-state index contributed by atoms with van der Waals surface area (Å²) in [4.78, 5) is 11.8. The molecule has 0 bridgehead atoms. The molecule has 0 aliphatic heterocycles. The van der Waals surface area contributed by atoms with Gasteiger partial charge in [0.05, 0.1) is 6.10 Å². The topological polar surface area (TPSA) is 26.3 Å². The van der Waals surface area contributed by atoms with Crippen LogP contribution in [0.3, 0.4) is 0 Å². The van der Waals surface area contributed by atoms with Crippen molar-refractivity contribution in [2.45, 2.75) is 38.7 Å². The number of carbonyl (C=O) groups excluding carboxylic acids is 1. The van der Waals surface area contributed by atoms with Crippen LogP contribution < -0.4 is 0 Å². The van der Waals surface area contributed by atoms with Gasteiger partial charge in [-0.3, -0.25) is 4.79 Å². The van der Waals surface area contributed by atoms with E-state index in [1.54, 1.807) is 13.2 Å². The van der Waals surface area contributed by atoms with Crippen molar-refractivity contribution in [3.63, 3.8) is 0 Å². The lowest BCUT2D eigenvalue weighted by Gasteiger charge is -2.43. The van der Waals surface area contributed by atoms with Gasteiger partial charge in [-0.25, -0.2) is 0 Å². The van der Waals surface area contributed by atoms with Crippen molar-refractivity contribution in [2.75, 3.05) is 7.11 Å². The highest BCUT2D eigenvalue weighted by atomic mass is 16.5. The second-order valence-electron chi connectivity index (χ2n) is 4.75. The second kappa shape index (κ2) is 3.50. The summed E-state index contributed by atoms with van der Waals surface area (Å²) in [5, 5.41) is 0. The molecule has 2 aliphatic rings. The molecule has 78 valence electrons. The summed E-state index contributed by atoms with van der Waals surface area (Å²) in [5.74, 6) is 0.821. The molecule has 0 aromatic heterocycles. The standard InChI is InChI=1S/C12H18O2/c1-12-7-6-10(14-2)8-9(12)4-3-5-11(12)13/h3,5,9-10H,4,6-8H2,1-2H3/t9-,10-,12-/m1/s1. The van der Waals surface area contributed by atoms with E-state index in [0.29, 0.717) is 17.8 Å². The van der Waals surface area contributed by atoms with E-state index in [-0.39, 0.29) is 5.41 Å². The van der Waals surface area contributed by atoms with Crippen LogP contribution in [0, 0.1) is 11.3 Å². The van der Waals surface area contributed by atoms with Crippen molar-refractivity contribution in [3.8, 4) is 0 Å². The predicted molar refractivity (Wildman–Crippen MR) is 55.0 cm³/mol. The average Bonchev–Trinajstić information content (AvgIpc) is 2.19. The highest BCUT2D eigenvalue weighted by Gasteiger charge is 2.45. The molecule has 2 aliphatic carbocycles. The van der Waals surface area contributed by atoms with E-state index in [4.69, 9.17) is 4.74 Å². The zero-order chi connectivity index (χ0) is 10.2. The Morgan fingerprint density at radius 3 is 3.07 bits per heavy atom. The fourth-order valence-corrected chi connectivity index (χ4v) is 2.78. The highest BCUT2D eigenvalue weighted by Crippen LogP contribution is 2.46. The summed E-state index contributed by atoms with van der Waals surface area (Å²) in [5.41, 5.74) is -0.0935. The first-order valence-corrected chi connectivity index (χ1v) is 5.40. The van der Waals surface area contributed by atoms with Crippen molar-refractivity contribution < 1.29 is 9.53 Å². The van der Waals surface area contributed by atoms with Crippen LogP contribution in [-0.2, 0) is 9.53 Å². The third-order valence-corrected chi connectivity index (χ3v) is 4.02. The van der Waals surface area contributed by atoms with Gasteiger partial charge in [0.25, 0.3) is 0 Å². The number of allylic oxidation sites excluding steroid dienone is 2. The Bertz CT molecular complexity index is 269. The molecule has 2 nitrogen and oxygen atoms in total. The molecule has 2 heteroatoms. The summed E-state index contributed by atoms with van der Waals surface area (Å²) in [6.45, 7) is 2.12. The maximum absolute atomic E-state index is 11.8. The molecule has 0 aromatic carbocycles.